The quantitative estimate of drug-likeness (QED) is 0.362. The SMILES string of the molecule is CN=C(NCc1ccc(CN2CCCC(C)C2)cc1)NC(C)COC.I. The van der Waals surface area contributed by atoms with Crippen molar-refractivity contribution in [1.82, 2.24) is 15.5 Å². The molecule has 2 rings (SSSR count). The van der Waals surface area contributed by atoms with Crippen molar-refractivity contribution in [3.8, 4) is 0 Å². The van der Waals surface area contributed by atoms with Crippen molar-refractivity contribution in [2.75, 3.05) is 33.9 Å². The maximum atomic E-state index is 5.14. The third-order valence-corrected chi connectivity index (χ3v) is 4.65. The number of methoxy groups -OCH3 is 1. The number of benzene rings is 1. The van der Waals surface area contributed by atoms with Gasteiger partial charge in [0.15, 0.2) is 5.96 Å². The van der Waals surface area contributed by atoms with Gasteiger partial charge in [-0.25, -0.2) is 0 Å². The largest absolute Gasteiger partial charge is 0.383 e. The zero-order valence-corrected chi connectivity index (χ0v) is 19.0. The van der Waals surface area contributed by atoms with Gasteiger partial charge in [-0.05, 0) is 43.4 Å². The third-order valence-electron chi connectivity index (χ3n) is 4.65. The summed E-state index contributed by atoms with van der Waals surface area (Å²) in [6.45, 7) is 9.38. The standard InChI is InChI=1S/C20H34N4O.HI/c1-16-6-5-11-24(13-16)14-19-9-7-18(8-10-19)12-22-20(21-3)23-17(2)15-25-4;/h7-10,16-17H,5-6,11-15H2,1-4H3,(H2,21,22,23);1H. The van der Waals surface area contributed by atoms with Crippen LogP contribution in [0.5, 0.6) is 0 Å². The summed E-state index contributed by atoms with van der Waals surface area (Å²) in [5.41, 5.74) is 2.66. The molecule has 2 unspecified atom stereocenters. The third kappa shape index (κ3) is 8.22. The Labute approximate surface area is 176 Å². The van der Waals surface area contributed by atoms with Crippen molar-refractivity contribution < 1.29 is 4.74 Å². The molecule has 0 amide bonds. The van der Waals surface area contributed by atoms with E-state index in [4.69, 9.17) is 4.74 Å². The Morgan fingerprint density at radius 3 is 2.62 bits per heavy atom. The number of hydrogen-bond donors (Lipinski definition) is 2. The molecule has 0 bridgehead atoms. The fraction of sp³-hybridized carbons (Fsp3) is 0.650. The minimum atomic E-state index is 0. The van der Waals surface area contributed by atoms with E-state index >= 15 is 0 Å². The predicted octanol–water partition coefficient (Wildman–Crippen LogP) is 3.24. The maximum absolute atomic E-state index is 5.14. The first-order chi connectivity index (χ1) is 12.1. The number of piperidine rings is 1. The molecule has 0 aliphatic carbocycles. The van der Waals surface area contributed by atoms with Crippen LogP contribution in [0.2, 0.25) is 0 Å². The first kappa shape index (κ1) is 23.2. The maximum Gasteiger partial charge on any atom is 0.191 e. The van der Waals surface area contributed by atoms with E-state index in [1.54, 1.807) is 14.2 Å². The van der Waals surface area contributed by atoms with Gasteiger partial charge >= 0.3 is 0 Å². The number of rotatable bonds is 7. The number of nitrogens with zero attached hydrogens (tertiary/aromatic N) is 2. The lowest BCUT2D eigenvalue weighted by Crippen LogP contribution is -2.43. The van der Waals surface area contributed by atoms with Gasteiger partial charge in [0.1, 0.15) is 0 Å². The molecule has 0 saturated carbocycles. The van der Waals surface area contributed by atoms with Crippen molar-refractivity contribution in [3.05, 3.63) is 35.4 Å². The van der Waals surface area contributed by atoms with Crippen LogP contribution in [0.3, 0.4) is 0 Å². The molecule has 0 aromatic heterocycles. The Hall–Kier alpha value is -0.860. The lowest BCUT2D eigenvalue weighted by molar-refractivity contribution is 0.176. The highest BCUT2D eigenvalue weighted by atomic mass is 127. The lowest BCUT2D eigenvalue weighted by atomic mass is 9.99. The number of ether oxygens (including phenoxy) is 1. The molecule has 26 heavy (non-hydrogen) atoms. The van der Waals surface area contributed by atoms with Gasteiger partial charge in [-0.3, -0.25) is 9.89 Å². The van der Waals surface area contributed by atoms with E-state index in [2.05, 4.69) is 58.6 Å². The van der Waals surface area contributed by atoms with E-state index in [1.165, 1.54) is 37.1 Å². The molecular formula is C20H35IN4O. The van der Waals surface area contributed by atoms with Gasteiger partial charge in [-0.15, -0.1) is 24.0 Å². The minimum absolute atomic E-state index is 0. The Balaban J connectivity index is 0.00000338. The van der Waals surface area contributed by atoms with Crippen LogP contribution in [0, 0.1) is 5.92 Å². The van der Waals surface area contributed by atoms with E-state index in [1.807, 2.05) is 0 Å². The number of hydrogen-bond acceptors (Lipinski definition) is 3. The van der Waals surface area contributed by atoms with Crippen molar-refractivity contribution in [1.29, 1.82) is 0 Å². The molecule has 0 spiro atoms. The Kier molecular flexibility index (Phi) is 11.2. The van der Waals surface area contributed by atoms with Gasteiger partial charge in [-0.2, -0.15) is 0 Å². The molecule has 1 heterocycles. The molecule has 2 N–H and O–H groups in total. The van der Waals surface area contributed by atoms with Crippen LogP contribution < -0.4 is 10.6 Å². The fourth-order valence-corrected chi connectivity index (χ4v) is 3.36. The molecule has 6 heteroatoms. The molecule has 1 saturated heterocycles. The first-order valence-electron chi connectivity index (χ1n) is 9.37. The number of guanidine groups is 1. The second-order valence-electron chi connectivity index (χ2n) is 7.23. The highest BCUT2D eigenvalue weighted by molar-refractivity contribution is 14.0. The average molecular weight is 474 g/mol. The summed E-state index contributed by atoms with van der Waals surface area (Å²) in [6.07, 6.45) is 2.70. The van der Waals surface area contributed by atoms with Crippen LogP contribution in [0.4, 0.5) is 0 Å². The smallest absolute Gasteiger partial charge is 0.191 e. The molecule has 1 aliphatic rings. The van der Waals surface area contributed by atoms with Crippen LogP contribution >= 0.6 is 24.0 Å². The number of halogens is 1. The second kappa shape index (κ2) is 12.5. The van der Waals surface area contributed by atoms with Gasteiger partial charge in [-0.1, -0.05) is 31.2 Å². The van der Waals surface area contributed by atoms with E-state index in [-0.39, 0.29) is 30.0 Å². The van der Waals surface area contributed by atoms with Gasteiger partial charge in [0, 0.05) is 39.8 Å². The van der Waals surface area contributed by atoms with Gasteiger partial charge in [0.25, 0.3) is 0 Å². The number of likely N-dealkylation sites (tertiary alicyclic amines) is 1. The number of aliphatic imine (C=N–C) groups is 1. The summed E-state index contributed by atoms with van der Waals surface area (Å²) in [5.74, 6) is 1.63. The highest BCUT2D eigenvalue weighted by Gasteiger charge is 2.16. The van der Waals surface area contributed by atoms with Crippen LogP contribution in [-0.2, 0) is 17.8 Å². The summed E-state index contributed by atoms with van der Waals surface area (Å²) < 4.78 is 5.14. The highest BCUT2D eigenvalue weighted by Crippen LogP contribution is 2.18. The Morgan fingerprint density at radius 1 is 1.31 bits per heavy atom. The second-order valence-corrected chi connectivity index (χ2v) is 7.23. The fourth-order valence-electron chi connectivity index (χ4n) is 3.36. The summed E-state index contributed by atoms with van der Waals surface area (Å²) in [4.78, 5) is 6.83. The average Bonchev–Trinajstić information content (AvgIpc) is 2.60. The molecule has 1 fully saturated rings. The summed E-state index contributed by atoms with van der Waals surface area (Å²) in [6, 6.07) is 9.15. The van der Waals surface area contributed by atoms with Crippen molar-refractivity contribution in [3.63, 3.8) is 0 Å². The van der Waals surface area contributed by atoms with E-state index in [0.29, 0.717) is 6.61 Å². The molecule has 5 nitrogen and oxygen atoms in total. The van der Waals surface area contributed by atoms with Crippen LogP contribution in [0.25, 0.3) is 0 Å². The molecule has 1 aliphatic heterocycles. The zero-order chi connectivity index (χ0) is 18.1. The van der Waals surface area contributed by atoms with E-state index in [0.717, 1.165) is 25.0 Å². The van der Waals surface area contributed by atoms with Gasteiger partial charge < -0.3 is 15.4 Å². The molecular weight excluding hydrogens is 439 g/mol. The Bertz CT molecular complexity index is 535. The molecule has 1 aromatic rings. The lowest BCUT2D eigenvalue weighted by Gasteiger charge is -2.30. The number of nitrogens with one attached hydrogen (secondary N) is 2. The monoisotopic (exact) mass is 474 g/mol. The normalized spacial score (nSPS) is 19.5. The van der Waals surface area contributed by atoms with Crippen LogP contribution in [0.15, 0.2) is 29.3 Å². The van der Waals surface area contributed by atoms with Crippen molar-refractivity contribution in [2.24, 2.45) is 10.9 Å². The van der Waals surface area contributed by atoms with E-state index in [9.17, 15) is 0 Å². The van der Waals surface area contributed by atoms with Crippen LogP contribution in [-0.4, -0.2) is 50.8 Å². The minimum Gasteiger partial charge on any atom is -0.383 e. The van der Waals surface area contributed by atoms with Gasteiger partial charge in [0.05, 0.1) is 6.61 Å². The Morgan fingerprint density at radius 2 is 2.00 bits per heavy atom. The predicted molar refractivity (Wildman–Crippen MR) is 120 cm³/mol. The summed E-state index contributed by atoms with van der Waals surface area (Å²) in [5, 5.41) is 6.67. The zero-order valence-electron chi connectivity index (χ0n) is 16.6. The topological polar surface area (TPSA) is 48.9 Å². The van der Waals surface area contributed by atoms with Crippen molar-refractivity contribution >= 4 is 29.9 Å². The molecule has 2 atom stereocenters. The van der Waals surface area contributed by atoms with E-state index < -0.39 is 0 Å². The van der Waals surface area contributed by atoms with Gasteiger partial charge in [0.2, 0.25) is 0 Å². The van der Waals surface area contributed by atoms with Crippen molar-refractivity contribution in [2.45, 2.75) is 45.8 Å². The van der Waals surface area contributed by atoms with Crippen LogP contribution in [0.1, 0.15) is 37.8 Å². The summed E-state index contributed by atoms with van der Waals surface area (Å²) in [7, 11) is 3.50. The summed E-state index contributed by atoms with van der Waals surface area (Å²) >= 11 is 0. The molecule has 148 valence electrons. The molecule has 1 aromatic carbocycles. The first-order valence-corrected chi connectivity index (χ1v) is 9.37. The molecule has 0 radical (unpaired) electrons.